The van der Waals surface area contributed by atoms with Crippen molar-refractivity contribution in [1.29, 1.82) is 0 Å². The number of rotatable bonds is 5. The van der Waals surface area contributed by atoms with Crippen LogP contribution in [0.3, 0.4) is 0 Å². The summed E-state index contributed by atoms with van der Waals surface area (Å²) in [5, 5.41) is 0. The number of hydrogen-bond donors (Lipinski definition) is 1. The van der Waals surface area contributed by atoms with Crippen molar-refractivity contribution in [3.05, 3.63) is 0 Å². The van der Waals surface area contributed by atoms with Gasteiger partial charge >= 0.3 is 0 Å². The summed E-state index contributed by atoms with van der Waals surface area (Å²) in [7, 11) is 1.86. The smallest absolute Gasteiger partial charge is 0.224 e. The van der Waals surface area contributed by atoms with Crippen molar-refractivity contribution in [2.24, 2.45) is 11.7 Å². The van der Waals surface area contributed by atoms with E-state index in [4.69, 9.17) is 5.73 Å². The molecule has 0 aliphatic rings. The van der Waals surface area contributed by atoms with Crippen LogP contribution < -0.4 is 5.73 Å². The largest absolute Gasteiger partial charge is 0.343 e. The molecule has 0 aromatic rings. The summed E-state index contributed by atoms with van der Waals surface area (Å²) < 4.78 is 0. The Morgan fingerprint density at radius 3 is 2.21 bits per heavy atom. The van der Waals surface area contributed by atoms with E-state index in [1.807, 2.05) is 14.0 Å². The summed E-state index contributed by atoms with van der Waals surface area (Å²) in [6, 6.07) is 0.288. The van der Waals surface area contributed by atoms with Crippen molar-refractivity contribution < 1.29 is 4.79 Å². The van der Waals surface area contributed by atoms with E-state index in [1.54, 1.807) is 4.90 Å². The zero-order valence-corrected chi connectivity index (χ0v) is 10.1. The van der Waals surface area contributed by atoms with Crippen LogP contribution in [-0.2, 0) is 4.79 Å². The van der Waals surface area contributed by atoms with Crippen LogP contribution in [-0.4, -0.2) is 29.9 Å². The maximum atomic E-state index is 11.7. The van der Waals surface area contributed by atoms with Gasteiger partial charge in [0.25, 0.3) is 0 Å². The predicted octanol–water partition coefficient (Wildman–Crippen LogP) is 1.62. The second-order valence-electron chi connectivity index (χ2n) is 4.36. The van der Waals surface area contributed by atoms with Crippen LogP contribution in [0.15, 0.2) is 0 Å². The van der Waals surface area contributed by atoms with Crippen molar-refractivity contribution in [2.75, 3.05) is 7.05 Å². The average molecular weight is 200 g/mol. The van der Waals surface area contributed by atoms with E-state index >= 15 is 0 Å². The van der Waals surface area contributed by atoms with Crippen molar-refractivity contribution >= 4 is 5.91 Å². The van der Waals surface area contributed by atoms with E-state index in [0.29, 0.717) is 12.3 Å². The van der Waals surface area contributed by atoms with E-state index in [9.17, 15) is 4.79 Å². The lowest BCUT2D eigenvalue weighted by atomic mass is 10.0. The van der Waals surface area contributed by atoms with Gasteiger partial charge in [0.05, 0.1) is 0 Å². The Morgan fingerprint density at radius 1 is 1.36 bits per heavy atom. The fourth-order valence-electron chi connectivity index (χ4n) is 1.19. The van der Waals surface area contributed by atoms with Crippen molar-refractivity contribution in [3.8, 4) is 0 Å². The van der Waals surface area contributed by atoms with Crippen LogP contribution in [0, 0.1) is 5.92 Å². The molecule has 0 aromatic heterocycles. The molecule has 2 unspecified atom stereocenters. The third kappa shape index (κ3) is 4.09. The van der Waals surface area contributed by atoms with Gasteiger partial charge in [0, 0.05) is 25.6 Å². The molecule has 0 rings (SSSR count). The second kappa shape index (κ2) is 6.02. The molecular weight excluding hydrogens is 176 g/mol. The molecule has 0 aromatic carbocycles. The molecule has 14 heavy (non-hydrogen) atoms. The van der Waals surface area contributed by atoms with Crippen molar-refractivity contribution in [2.45, 2.75) is 52.6 Å². The summed E-state index contributed by atoms with van der Waals surface area (Å²) in [5.41, 5.74) is 5.74. The molecule has 3 heteroatoms. The Balaban J connectivity index is 4.11. The van der Waals surface area contributed by atoms with Crippen LogP contribution in [0.25, 0.3) is 0 Å². The predicted molar refractivity (Wildman–Crippen MR) is 60.0 cm³/mol. The Bertz CT molecular complexity index is 180. The van der Waals surface area contributed by atoms with Gasteiger partial charge in [0.15, 0.2) is 0 Å². The van der Waals surface area contributed by atoms with Crippen molar-refractivity contribution in [3.63, 3.8) is 0 Å². The maximum absolute atomic E-state index is 11.7. The Morgan fingerprint density at radius 2 is 1.86 bits per heavy atom. The van der Waals surface area contributed by atoms with E-state index in [0.717, 1.165) is 6.42 Å². The number of nitrogens with zero attached hydrogens (tertiary/aromatic N) is 1. The molecule has 3 nitrogen and oxygen atoms in total. The third-order valence-corrected chi connectivity index (χ3v) is 2.93. The fourth-order valence-corrected chi connectivity index (χ4v) is 1.19. The van der Waals surface area contributed by atoms with Crippen LogP contribution in [0.4, 0.5) is 0 Å². The van der Waals surface area contributed by atoms with E-state index in [1.165, 1.54) is 0 Å². The molecule has 0 radical (unpaired) electrons. The lowest BCUT2D eigenvalue weighted by Crippen LogP contribution is -2.40. The summed E-state index contributed by atoms with van der Waals surface area (Å²) >= 11 is 0. The number of carbonyl (C=O) groups excluding carboxylic acids is 1. The van der Waals surface area contributed by atoms with Gasteiger partial charge in [-0.2, -0.15) is 0 Å². The second-order valence-corrected chi connectivity index (χ2v) is 4.36. The molecular formula is C11H24N2O. The first-order chi connectivity index (χ1) is 6.40. The lowest BCUT2D eigenvalue weighted by Gasteiger charge is -2.28. The SMILES string of the molecule is CCC(N)CC(=O)N(C)C(C)C(C)C. The highest BCUT2D eigenvalue weighted by atomic mass is 16.2. The highest BCUT2D eigenvalue weighted by Crippen LogP contribution is 2.10. The number of nitrogens with two attached hydrogens (primary N) is 1. The fraction of sp³-hybridized carbons (Fsp3) is 0.909. The van der Waals surface area contributed by atoms with Crippen LogP contribution in [0.1, 0.15) is 40.5 Å². The van der Waals surface area contributed by atoms with Gasteiger partial charge in [-0.05, 0) is 19.3 Å². The molecule has 84 valence electrons. The number of hydrogen-bond acceptors (Lipinski definition) is 2. The average Bonchev–Trinajstić information content (AvgIpc) is 2.14. The molecule has 0 aliphatic heterocycles. The Hall–Kier alpha value is -0.570. The van der Waals surface area contributed by atoms with E-state index < -0.39 is 0 Å². The van der Waals surface area contributed by atoms with Crippen molar-refractivity contribution in [1.82, 2.24) is 4.90 Å². The number of carbonyl (C=O) groups is 1. The van der Waals surface area contributed by atoms with Gasteiger partial charge in [-0.15, -0.1) is 0 Å². The zero-order valence-electron chi connectivity index (χ0n) is 10.1. The van der Waals surface area contributed by atoms with Gasteiger partial charge < -0.3 is 10.6 Å². The van der Waals surface area contributed by atoms with Gasteiger partial charge in [-0.3, -0.25) is 4.79 Å². The summed E-state index contributed by atoms with van der Waals surface area (Å²) in [6.45, 7) is 8.31. The van der Waals surface area contributed by atoms with E-state index in [-0.39, 0.29) is 18.0 Å². The molecule has 0 aliphatic carbocycles. The summed E-state index contributed by atoms with van der Waals surface area (Å²) in [6.07, 6.45) is 1.32. The van der Waals surface area contributed by atoms with Gasteiger partial charge in [0.1, 0.15) is 0 Å². The van der Waals surface area contributed by atoms with Gasteiger partial charge in [0.2, 0.25) is 5.91 Å². The highest BCUT2D eigenvalue weighted by Gasteiger charge is 2.19. The minimum atomic E-state index is 0.00399. The zero-order chi connectivity index (χ0) is 11.3. The summed E-state index contributed by atoms with van der Waals surface area (Å²) in [4.78, 5) is 13.5. The Kier molecular flexibility index (Phi) is 5.77. The first-order valence-electron chi connectivity index (χ1n) is 5.41. The Labute approximate surface area is 87.6 Å². The standard InChI is InChI=1S/C11H24N2O/c1-6-10(12)7-11(14)13(5)9(4)8(2)3/h8-10H,6-7,12H2,1-5H3. The molecule has 0 spiro atoms. The topological polar surface area (TPSA) is 46.3 Å². The molecule has 0 saturated carbocycles. The highest BCUT2D eigenvalue weighted by molar-refractivity contribution is 5.76. The third-order valence-electron chi connectivity index (χ3n) is 2.93. The minimum absolute atomic E-state index is 0.00399. The molecule has 0 fully saturated rings. The molecule has 0 saturated heterocycles. The maximum Gasteiger partial charge on any atom is 0.224 e. The monoisotopic (exact) mass is 200 g/mol. The first kappa shape index (κ1) is 13.4. The quantitative estimate of drug-likeness (QED) is 0.733. The lowest BCUT2D eigenvalue weighted by molar-refractivity contribution is -0.132. The minimum Gasteiger partial charge on any atom is -0.343 e. The number of amides is 1. The molecule has 0 bridgehead atoms. The van der Waals surface area contributed by atoms with Crippen LogP contribution >= 0.6 is 0 Å². The normalized spacial score (nSPS) is 15.4. The van der Waals surface area contributed by atoms with Crippen LogP contribution in [0.5, 0.6) is 0 Å². The van der Waals surface area contributed by atoms with E-state index in [2.05, 4.69) is 20.8 Å². The van der Waals surface area contributed by atoms with Crippen LogP contribution in [0.2, 0.25) is 0 Å². The summed E-state index contributed by atoms with van der Waals surface area (Å²) in [5.74, 6) is 0.641. The molecule has 2 N–H and O–H groups in total. The molecule has 2 atom stereocenters. The molecule has 0 heterocycles. The first-order valence-corrected chi connectivity index (χ1v) is 5.41. The van der Waals surface area contributed by atoms with Gasteiger partial charge in [-0.1, -0.05) is 20.8 Å². The molecule has 1 amide bonds. The van der Waals surface area contributed by atoms with Gasteiger partial charge in [-0.25, -0.2) is 0 Å².